The lowest BCUT2D eigenvalue weighted by molar-refractivity contribution is 0.590. The van der Waals surface area contributed by atoms with E-state index < -0.39 is 0 Å². The van der Waals surface area contributed by atoms with Crippen molar-refractivity contribution in [1.29, 1.82) is 0 Å². The highest BCUT2D eigenvalue weighted by molar-refractivity contribution is 6.13. The van der Waals surface area contributed by atoms with Gasteiger partial charge in [-0.05, 0) is 155 Å². The number of fused-ring (bicyclic) bond motifs is 12. The second-order valence-corrected chi connectivity index (χ2v) is 21.6. The Labute approximate surface area is 432 Å². The summed E-state index contributed by atoms with van der Waals surface area (Å²) in [4.78, 5) is 16.8. The summed E-state index contributed by atoms with van der Waals surface area (Å²) in [6, 6.07) is 73.1. The Balaban J connectivity index is 0.911. The molecule has 4 nitrogen and oxygen atoms in total. The Morgan fingerprint density at radius 2 is 1.18 bits per heavy atom. The number of amidine groups is 1. The molecule has 15 rings (SSSR count). The summed E-state index contributed by atoms with van der Waals surface area (Å²) in [6.45, 7) is 7.22. The highest BCUT2D eigenvalue weighted by atomic mass is 15.3. The van der Waals surface area contributed by atoms with Crippen LogP contribution in [0.15, 0.2) is 228 Å². The molecule has 3 atom stereocenters. The van der Waals surface area contributed by atoms with Crippen molar-refractivity contribution in [1.82, 2.24) is 0 Å². The monoisotopic (exact) mass is 952 g/mol. The zero-order chi connectivity index (χ0) is 49.2. The summed E-state index contributed by atoms with van der Waals surface area (Å²) in [6.07, 6.45) is 9.01. The van der Waals surface area contributed by atoms with Gasteiger partial charge < -0.3 is 9.80 Å². The van der Waals surface area contributed by atoms with E-state index in [1.165, 1.54) is 115 Å². The van der Waals surface area contributed by atoms with Crippen LogP contribution in [0.25, 0.3) is 59.8 Å². The summed E-state index contributed by atoms with van der Waals surface area (Å²) in [5, 5.41) is 12.6. The van der Waals surface area contributed by atoms with Crippen molar-refractivity contribution in [2.24, 2.45) is 9.98 Å². The normalized spacial score (nSPS) is 19.4. The van der Waals surface area contributed by atoms with Gasteiger partial charge in [0.15, 0.2) is 0 Å². The van der Waals surface area contributed by atoms with Gasteiger partial charge in [-0.2, -0.15) is 0 Å². The number of para-hydroxylation sites is 3. The SMILES string of the molecule is CCC1c2cc3c(cc2-c2ccccc2N1C1=NC2=C(CCC=C2)C(c2cc4ccccc4c4ccccc24)C1)C(C)(C)c1ccccc1N3C1CC(c2cc3ccccc3c3ccccc23)=c2ccccc2=N1. The molecule has 0 N–H and O–H groups in total. The van der Waals surface area contributed by atoms with Crippen LogP contribution < -0.4 is 20.4 Å². The van der Waals surface area contributed by atoms with Gasteiger partial charge in [0.25, 0.3) is 0 Å². The molecule has 3 unspecified atom stereocenters. The van der Waals surface area contributed by atoms with Gasteiger partial charge in [-0.15, -0.1) is 0 Å². The van der Waals surface area contributed by atoms with Crippen molar-refractivity contribution < 1.29 is 0 Å². The lowest BCUT2D eigenvalue weighted by atomic mass is 9.71. The summed E-state index contributed by atoms with van der Waals surface area (Å²) in [7, 11) is 0. The molecule has 10 aromatic rings. The zero-order valence-corrected chi connectivity index (χ0v) is 42.2. The van der Waals surface area contributed by atoms with Gasteiger partial charge in [0.05, 0.1) is 22.8 Å². The average molecular weight is 953 g/mol. The van der Waals surface area contributed by atoms with Crippen molar-refractivity contribution in [3.63, 3.8) is 0 Å². The van der Waals surface area contributed by atoms with Crippen molar-refractivity contribution >= 4 is 71.6 Å². The van der Waals surface area contributed by atoms with Crippen LogP contribution in [0.1, 0.15) is 92.7 Å². The molecule has 4 heterocycles. The fourth-order valence-corrected chi connectivity index (χ4v) is 14.1. The summed E-state index contributed by atoms with van der Waals surface area (Å²) < 4.78 is 0. The van der Waals surface area contributed by atoms with Crippen molar-refractivity contribution in [2.75, 3.05) is 9.80 Å². The zero-order valence-electron chi connectivity index (χ0n) is 42.2. The average Bonchev–Trinajstić information content (AvgIpc) is 3.52. The van der Waals surface area contributed by atoms with Crippen LogP contribution >= 0.6 is 0 Å². The number of benzene rings is 10. The molecule has 0 radical (unpaired) electrons. The third-order valence-electron chi connectivity index (χ3n) is 17.4. The van der Waals surface area contributed by atoms with Gasteiger partial charge in [0, 0.05) is 46.3 Å². The van der Waals surface area contributed by atoms with Crippen molar-refractivity contribution in [3.8, 4) is 11.1 Å². The Morgan fingerprint density at radius 3 is 1.97 bits per heavy atom. The maximum absolute atomic E-state index is 5.79. The lowest BCUT2D eigenvalue weighted by Gasteiger charge is -2.47. The molecular weight excluding hydrogens is 897 g/mol. The highest BCUT2D eigenvalue weighted by Crippen LogP contribution is 2.57. The molecule has 74 heavy (non-hydrogen) atoms. The summed E-state index contributed by atoms with van der Waals surface area (Å²) in [5.74, 6) is 1.34. The summed E-state index contributed by atoms with van der Waals surface area (Å²) >= 11 is 0. The molecule has 356 valence electrons. The van der Waals surface area contributed by atoms with E-state index in [1.807, 2.05) is 0 Å². The number of rotatable bonds is 4. The Bertz CT molecular complexity index is 4270. The highest BCUT2D eigenvalue weighted by Gasteiger charge is 2.43. The van der Waals surface area contributed by atoms with E-state index in [1.54, 1.807) is 0 Å². The molecule has 10 aromatic carbocycles. The smallest absolute Gasteiger partial charge is 0.130 e. The van der Waals surface area contributed by atoms with Gasteiger partial charge >= 0.3 is 0 Å². The fraction of sp³-hybridized carbons (Fsp3) is 0.171. The van der Waals surface area contributed by atoms with Crippen molar-refractivity contribution in [3.05, 3.63) is 256 Å². The van der Waals surface area contributed by atoms with Crippen LogP contribution in [-0.4, -0.2) is 12.0 Å². The van der Waals surface area contributed by atoms with E-state index in [-0.39, 0.29) is 23.5 Å². The first kappa shape index (κ1) is 43.3. The number of nitrogens with zero attached hydrogens (tertiary/aromatic N) is 4. The largest absolute Gasteiger partial charge is 0.322 e. The predicted octanol–water partition coefficient (Wildman–Crippen LogP) is 16.5. The van der Waals surface area contributed by atoms with Gasteiger partial charge in [-0.3, -0.25) is 4.99 Å². The molecule has 0 bridgehead atoms. The Kier molecular flexibility index (Phi) is 9.70. The second kappa shape index (κ2) is 16.6. The molecule has 4 heteroatoms. The lowest BCUT2D eigenvalue weighted by Crippen LogP contribution is -2.44. The maximum Gasteiger partial charge on any atom is 0.130 e. The van der Waals surface area contributed by atoms with Crippen LogP contribution in [0.4, 0.5) is 17.1 Å². The van der Waals surface area contributed by atoms with Crippen LogP contribution in [0.5, 0.6) is 0 Å². The van der Waals surface area contributed by atoms with Gasteiger partial charge in [-0.25, -0.2) is 4.99 Å². The van der Waals surface area contributed by atoms with E-state index in [0.29, 0.717) is 0 Å². The molecule has 0 fully saturated rings. The Hall–Kier alpha value is -8.34. The van der Waals surface area contributed by atoms with Gasteiger partial charge in [-0.1, -0.05) is 179 Å². The molecule has 0 saturated heterocycles. The number of hydrogen-bond donors (Lipinski definition) is 0. The number of anilines is 3. The predicted molar refractivity (Wildman–Crippen MR) is 309 cm³/mol. The Morgan fingerprint density at radius 1 is 0.527 bits per heavy atom. The van der Waals surface area contributed by atoms with E-state index >= 15 is 0 Å². The number of allylic oxidation sites excluding steroid dienone is 3. The molecule has 0 amide bonds. The second-order valence-electron chi connectivity index (χ2n) is 21.6. The number of hydrogen-bond acceptors (Lipinski definition) is 4. The van der Waals surface area contributed by atoms with Crippen molar-refractivity contribution in [2.45, 2.75) is 76.4 Å². The third-order valence-corrected chi connectivity index (χ3v) is 17.4. The molecule has 4 aliphatic heterocycles. The first-order chi connectivity index (χ1) is 36.4. The van der Waals surface area contributed by atoms with E-state index in [4.69, 9.17) is 9.98 Å². The van der Waals surface area contributed by atoms with Crippen LogP contribution in [0.3, 0.4) is 0 Å². The van der Waals surface area contributed by atoms with E-state index in [2.05, 4.69) is 237 Å². The first-order valence-electron chi connectivity index (χ1n) is 26.8. The minimum absolute atomic E-state index is 0.0462. The minimum Gasteiger partial charge on any atom is -0.322 e. The minimum atomic E-state index is -0.279. The van der Waals surface area contributed by atoms with Crippen LogP contribution in [0, 0.1) is 0 Å². The third kappa shape index (κ3) is 6.40. The van der Waals surface area contributed by atoms with E-state index in [0.717, 1.165) is 49.0 Å². The molecule has 0 saturated carbocycles. The van der Waals surface area contributed by atoms with Gasteiger partial charge in [0.1, 0.15) is 12.0 Å². The first-order valence-corrected chi connectivity index (χ1v) is 26.8. The van der Waals surface area contributed by atoms with Crippen LogP contribution in [-0.2, 0) is 5.41 Å². The number of aliphatic imine (C=N–C) groups is 1. The molecule has 5 aliphatic rings. The molecule has 1 aliphatic carbocycles. The standard InChI is InChI=1S/C70H56N4/c1-4-64-59-40-67-61(39-56(59)53-31-15-19-35-65(53)73(64)68-41-57(51-29-13-17-33-62(51)71-68)54-37-43-21-5-7-23-45(43)47-25-9-11-27-49(47)54)70(2,3)60-32-16-20-36-66(60)74(67)69-42-58(52-30-14-18-34-63(52)72-69)55-38-44-22-6-8-24-46(44)48-26-10-12-28-50(48)55/h5-12,14-28,30-40,57,64,69H,4,13,29,41-42H2,1-3H3. The van der Waals surface area contributed by atoms with E-state index in [9.17, 15) is 0 Å². The van der Waals surface area contributed by atoms with Crippen LogP contribution in [0.2, 0.25) is 0 Å². The fourth-order valence-electron chi connectivity index (χ4n) is 14.1. The molecule has 0 aromatic heterocycles. The molecular formula is C70H56N4. The van der Waals surface area contributed by atoms with Gasteiger partial charge in [0.2, 0.25) is 0 Å². The molecule has 0 spiro atoms. The topological polar surface area (TPSA) is 31.2 Å². The quantitative estimate of drug-likeness (QED) is 0.165. The summed E-state index contributed by atoms with van der Waals surface area (Å²) in [5.41, 5.74) is 16.7. The maximum atomic E-state index is 5.79.